The van der Waals surface area contributed by atoms with Gasteiger partial charge in [-0.2, -0.15) is 0 Å². The predicted octanol–water partition coefficient (Wildman–Crippen LogP) is 3.44. The fourth-order valence-corrected chi connectivity index (χ4v) is 2.04. The first-order valence-corrected chi connectivity index (χ1v) is 6.53. The number of nitro groups is 1. The van der Waals surface area contributed by atoms with Crippen molar-refractivity contribution in [1.82, 2.24) is 0 Å². The second-order valence-electron chi connectivity index (χ2n) is 5.75. The molecule has 0 heterocycles. The number of benzene rings is 1. The summed E-state index contributed by atoms with van der Waals surface area (Å²) in [5, 5.41) is 20.9. The number of nitrogens with zero attached hydrogens (tertiary/aromatic N) is 2. The molecule has 0 fully saturated rings. The van der Waals surface area contributed by atoms with Crippen LogP contribution in [-0.2, 0) is 0 Å². The lowest BCUT2D eigenvalue weighted by Gasteiger charge is -2.36. The SMILES string of the molecule is C=CCN(c1ccc(C(C)O)cc1[N+](=O)[O-])C(C)(C)C. The molecule has 0 amide bonds. The van der Waals surface area contributed by atoms with E-state index in [1.807, 2.05) is 25.7 Å². The lowest BCUT2D eigenvalue weighted by molar-refractivity contribution is -0.384. The van der Waals surface area contributed by atoms with E-state index in [-0.39, 0.29) is 11.2 Å². The molecule has 0 saturated carbocycles. The molecule has 1 N–H and O–H groups in total. The van der Waals surface area contributed by atoms with Gasteiger partial charge in [0.05, 0.1) is 11.0 Å². The summed E-state index contributed by atoms with van der Waals surface area (Å²) < 4.78 is 0. The van der Waals surface area contributed by atoms with Crippen LogP contribution in [0.5, 0.6) is 0 Å². The summed E-state index contributed by atoms with van der Waals surface area (Å²) in [6, 6.07) is 4.84. The third kappa shape index (κ3) is 3.57. The first kappa shape index (κ1) is 16.2. The highest BCUT2D eigenvalue weighted by atomic mass is 16.6. The Morgan fingerprint density at radius 1 is 1.50 bits per heavy atom. The minimum Gasteiger partial charge on any atom is -0.389 e. The summed E-state index contributed by atoms with van der Waals surface area (Å²) in [6.45, 7) is 11.8. The molecule has 110 valence electrons. The van der Waals surface area contributed by atoms with Crippen LogP contribution in [0.15, 0.2) is 30.9 Å². The van der Waals surface area contributed by atoms with E-state index in [2.05, 4.69) is 6.58 Å². The molecule has 1 aromatic rings. The monoisotopic (exact) mass is 278 g/mol. The molecular weight excluding hydrogens is 256 g/mol. The number of aliphatic hydroxyl groups is 1. The van der Waals surface area contributed by atoms with E-state index in [0.29, 0.717) is 17.8 Å². The van der Waals surface area contributed by atoms with E-state index < -0.39 is 11.0 Å². The zero-order valence-electron chi connectivity index (χ0n) is 12.5. The number of nitro benzene ring substituents is 1. The molecule has 0 saturated heterocycles. The highest BCUT2D eigenvalue weighted by Crippen LogP contribution is 2.34. The zero-order chi connectivity index (χ0) is 15.5. The van der Waals surface area contributed by atoms with Crippen molar-refractivity contribution < 1.29 is 10.0 Å². The van der Waals surface area contributed by atoms with Gasteiger partial charge in [0.1, 0.15) is 5.69 Å². The zero-order valence-corrected chi connectivity index (χ0v) is 12.5. The molecule has 20 heavy (non-hydrogen) atoms. The van der Waals surface area contributed by atoms with Crippen LogP contribution >= 0.6 is 0 Å². The van der Waals surface area contributed by atoms with Gasteiger partial charge in [-0.1, -0.05) is 12.1 Å². The smallest absolute Gasteiger partial charge is 0.292 e. The first-order chi connectivity index (χ1) is 9.18. The van der Waals surface area contributed by atoms with Crippen LogP contribution in [0.4, 0.5) is 11.4 Å². The summed E-state index contributed by atoms with van der Waals surface area (Å²) in [7, 11) is 0. The largest absolute Gasteiger partial charge is 0.389 e. The van der Waals surface area contributed by atoms with Crippen LogP contribution in [0.2, 0.25) is 0 Å². The number of aliphatic hydroxyl groups excluding tert-OH is 1. The van der Waals surface area contributed by atoms with Crippen molar-refractivity contribution in [1.29, 1.82) is 0 Å². The number of hydrogen-bond donors (Lipinski definition) is 1. The first-order valence-electron chi connectivity index (χ1n) is 6.53. The maximum absolute atomic E-state index is 11.3. The Morgan fingerprint density at radius 2 is 2.10 bits per heavy atom. The van der Waals surface area contributed by atoms with Gasteiger partial charge in [-0.25, -0.2) is 0 Å². The Labute approximate surface area is 119 Å². The van der Waals surface area contributed by atoms with Gasteiger partial charge in [-0.05, 0) is 39.3 Å². The topological polar surface area (TPSA) is 66.6 Å². The van der Waals surface area contributed by atoms with Crippen molar-refractivity contribution in [3.63, 3.8) is 0 Å². The quantitative estimate of drug-likeness (QED) is 0.509. The Hall–Kier alpha value is -1.88. The van der Waals surface area contributed by atoms with Crippen LogP contribution in [0.25, 0.3) is 0 Å². The van der Waals surface area contributed by atoms with Crippen LogP contribution in [0.1, 0.15) is 39.4 Å². The molecule has 1 unspecified atom stereocenters. The molecule has 1 rings (SSSR count). The molecule has 1 atom stereocenters. The second-order valence-corrected chi connectivity index (χ2v) is 5.75. The Morgan fingerprint density at radius 3 is 2.50 bits per heavy atom. The van der Waals surface area contributed by atoms with Crippen LogP contribution < -0.4 is 4.90 Å². The fraction of sp³-hybridized carbons (Fsp3) is 0.467. The molecule has 0 bridgehead atoms. The highest BCUT2D eigenvalue weighted by molar-refractivity contribution is 5.66. The summed E-state index contributed by atoms with van der Waals surface area (Å²) in [4.78, 5) is 12.8. The Balaban J connectivity index is 3.41. The lowest BCUT2D eigenvalue weighted by atomic mass is 10.0. The molecule has 0 aromatic heterocycles. The van der Waals surface area contributed by atoms with E-state index in [1.54, 1.807) is 25.1 Å². The third-order valence-electron chi connectivity index (χ3n) is 3.09. The summed E-state index contributed by atoms with van der Waals surface area (Å²) in [6.07, 6.45) is 0.989. The molecule has 0 aliphatic carbocycles. The van der Waals surface area contributed by atoms with Crippen LogP contribution in [0.3, 0.4) is 0 Å². The van der Waals surface area contributed by atoms with E-state index in [9.17, 15) is 15.2 Å². The molecule has 5 nitrogen and oxygen atoms in total. The van der Waals surface area contributed by atoms with Crippen molar-refractivity contribution in [3.8, 4) is 0 Å². The van der Waals surface area contributed by atoms with E-state index in [1.165, 1.54) is 6.07 Å². The molecule has 0 aliphatic heterocycles. The van der Waals surface area contributed by atoms with Gasteiger partial charge in [-0.3, -0.25) is 10.1 Å². The molecule has 0 aliphatic rings. The normalized spacial score (nSPS) is 12.8. The maximum atomic E-state index is 11.3. The Kier molecular flexibility index (Phi) is 4.89. The van der Waals surface area contributed by atoms with Gasteiger partial charge in [0, 0.05) is 18.2 Å². The third-order valence-corrected chi connectivity index (χ3v) is 3.09. The molecule has 5 heteroatoms. The number of rotatable bonds is 5. The van der Waals surface area contributed by atoms with E-state index in [4.69, 9.17) is 0 Å². The maximum Gasteiger partial charge on any atom is 0.292 e. The predicted molar refractivity (Wildman–Crippen MR) is 81.0 cm³/mol. The molecule has 0 spiro atoms. The van der Waals surface area contributed by atoms with Crippen molar-refractivity contribution >= 4 is 11.4 Å². The van der Waals surface area contributed by atoms with Crippen molar-refractivity contribution in [2.45, 2.75) is 39.3 Å². The van der Waals surface area contributed by atoms with Crippen LogP contribution in [0, 0.1) is 10.1 Å². The average molecular weight is 278 g/mol. The summed E-state index contributed by atoms with van der Waals surface area (Å²) in [5.41, 5.74) is 0.797. The van der Waals surface area contributed by atoms with E-state index in [0.717, 1.165) is 0 Å². The summed E-state index contributed by atoms with van der Waals surface area (Å²) in [5.74, 6) is 0. The Bertz CT molecular complexity index is 504. The fourth-order valence-electron chi connectivity index (χ4n) is 2.04. The van der Waals surface area contributed by atoms with Crippen molar-refractivity contribution in [2.75, 3.05) is 11.4 Å². The molecule has 0 radical (unpaired) electrons. The van der Waals surface area contributed by atoms with Gasteiger partial charge < -0.3 is 10.0 Å². The lowest BCUT2D eigenvalue weighted by Crippen LogP contribution is -2.42. The van der Waals surface area contributed by atoms with Gasteiger partial charge in [-0.15, -0.1) is 6.58 Å². The minimum absolute atomic E-state index is 0.000162. The standard InChI is InChI=1S/C15H22N2O3/c1-6-9-16(15(3,4)5)13-8-7-12(11(2)18)10-14(13)17(19)20/h6-8,10-11,18H,1,9H2,2-5H3. The van der Waals surface area contributed by atoms with Crippen molar-refractivity contribution in [2.24, 2.45) is 0 Å². The van der Waals surface area contributed by atoms with Crippen molar-refractivity contribution in [3.05, 3.63) is 46.5 Å². The van der Waals surface area contributed by atoms with E-state index >= 15 is 0 Å². The second kappa shape index (κ2) is 6.05. The van der Waals surface area contributed by atoms with Gasteiger partial charge in [0.25, 0.3) is 5.69 Å². The number of anilines is 1. The van der Waals surface area contributed by atoms with Crippen LogP contribution in [-0.4, -0.2) is 22.1 Å². The molecule has 1 aromatic carbocycles. The highest BCUT2D eigenvalue weighted by Gasteiger charge is 2.27. The summed E-state index contributed by atoms with van der Waals surface area (Å²) >= 11 is 0. The van der Waals surface area contributed by atoms with Gasteiger partial charge >= 0.3 is 0 Å². The van der Waals surface area contributed by atoms with Gasteiger partial charge in [0.2, 0.25) is 0 Å². The van der Waals surface area contributed by atoms with Gasteiger partial charge in [0.15, 0.2) is 0 Å². The number of hydrogen-bond acceptors (Lipinski definition) is 4. The minimum atomic E-state index is -0.731. The molecular formula is C15H22N2O3. The average Bonchev–Trinajstić information content (AvgIpc) is 2.33.